The van der Waals surface area contributed by atoms with E-state index in [2.05, 4.69) is 9.97 Å². The molecule has 1 aromatic heterocycles. The van der Waals surface area contributed by atoms with Crippen molar-refractivity contribution in [2.75, 3.05) is 13.1 Å². The third kappa shape index (κ3) is 4.56. The van der Waals surface area contributed by atoms with Crippen LogP contribution in [0.1, 0.15) is 24.1 Å². The van der Waals surface area contributed by atoms with E-state index in [0.29, 0.717) is 23.4 Å². The number of benzene rings is 1. The van der Waals surface area contributed by atoms with Crippen LogP contribution in [0.4, 0.5) is 13.2 Å². The fourth-order valence-electron chi connectivity index (χ4n) is 2.91. The quantitative estimate of drug-likeness (QED) is 0.732. The van der Waals surface area contributed by atoms with Gasteiger partial charge in [-0.1, -0.05) is 17.7 Å². The molecular weight excluding hydrogens is 419 g/mol. The Labute approximate surface area is 165 Å². The number of aromatic nitrogens is 2. The Bertz CT molecular complexity index is 970. The van der Waals surface area contributed by atoms with Crippen LogP contribution in [0, 0.1) is 6.92 Å². The number of halogens is 4. The molecule has 1 aliphatic rings. The van der Waals surface area contributed by atoms with E-state index >= 15 is 0 Å². The van der Waals surface area contributed by atoms with E-state index in [0.717, 1.165) is 12.3 Å². The van der Waals surface area contributed by atoms with Crippen LogP contribution >= 0.6 is 11.6 Å². The van der Waals surface area contributed by atoms with E-state index in [9.17, 15) is 21.6 Å². The summed E-state index contributed by atoms with van der Waals surface area (Å²) in [4.78, 5) is 7.16. The smallest absolute Gasteiger partial charge is 0.433 e. The molecule has 0 amide bonds. The van der Waals surface area contributed by atoms with Crippen molar-refractivity contribution in [3.63, 3.8) is 0 Å². The van der Waals surface area contributed by atoms with Gasteiger partial charge in [0.1, 0.15) is 6.10 Å². The van der Waals surface area contributed by atoms with Crippen LogP contribution in [0.2, 0.25) is 5.02 Å². The number of piperidine rings is 1. The number of alkyl halides is 3. The molecule has 1 atom stereocenters. The van der Waals surface area contributed by atoms with Gasteiger partial charge in [0, 0.05) is 17.8 Å². The van der Waals surface area contributed by atoms with Crippen molar-refractivity contribution < 1.29 is 26.3 Å². The average molecular weight is 436 g/mol. The second kappa shape index (κ2) is 7.84. The van der Waals surface area contributed by atoms with Crippen molar-refractivity contribution in [1.29, 1.82) is 0 Å². The highest BCUT2D eigenvalue weighted by atomic mass is 35.5. The molecule has 0 aliphatic carbocycles. The van der Waals surface area contributed by atoms with Gasteiger partial charge in [-0.3, -0.25) is 0 Å². The molecule has 0 N–H and O–H groups in total. The van der Waals surface area contributed by atoms with Crippen LogP contribution < -0.4 is 4.74 Å². The maximum Gasteiger partial charge on any atom is 0.433 e. The second-order valence-electron chi connectivity index (χ2n) is 6.38. The van der Waals surface area contributed by atoms with E-state index in [1.165, 1.54) is 10.4 Å². The average Bonchev–Trinajstić information content (AvgIpc) is 2.63. The molecule has 1 unspecified atom stereocenters. The SMILES string of the molecule is Cc1ccc(Cl)cc1S(=O)(=O)N1CCCC(Oc2nccc(C(F)(F)F)n2)C1. The molecule has 3 rings (SSSR count). The van der Waals surface area contributed by atoms with Crippen LogP contribution in [-0.4, -0.2) is 41.9 Å². The molecule has 0 saturated carbocycles. The predicted molar refractivity (Wildman–Crippen MR) is 95.6 cm³/mol. The molecule has 2 heterocycles. The minimum atomic E-state index is -4.62. The molecule has 28 heavy (non-hydrogen) atoms. The molecule has 11 heteroatoms. The zero-order valence-electron chi connectivity index (χ0n) is 14.8. The molecule has 2 aromatic rings. The van der Waals surface area contributed by atoms with Gasteiger partial charge in [-0.15, -0.1) is 0 Å². The first-order valence-corrected chi connectivity index (χ1v) is 10.2. The number of ether oxygens (including phenoxy) is 1. The lowest BCUT2D eigenvalue weighted by Crippen LogP contribution is -2.44. The van der Waals surface area contributed by atoms with E-state index < -0.39 is 34.0 Å². The standard InChI is InChI=1S/C17H17ClF3N3O3S/c1-11-4-5-12(18)9-14(11)28(25,26)24-8-2-3-13(10-24)27-16-22-7-6-15(23-16)17(19,20)21/h4-7,9,13H,2-3,8,10H2,1H3. The van der Waals surface area contributed by atoms with Gasteiger partial charge in [-0.2, -0.15) is 22.5 Å². The highest BCUT2D eigenvalue weighted by molar-refractivity contribution is 7.89. The number of rotatable bonds is 4. The maximum atomic E-state index is 13.0. The van der Waals surface area contributed by atoms with Gasteiger partial charge in [0.25, 0.3) is 0 Å². The molecular formula is C17H17ClF3N3O3S. The highest BCUT2D eigenvalue weighted by Crippen LogP contribution is 2.29. The summed E-state index contributed by atoms with van der Waals surface area (Å²) < 4.78 is 71.0. The third-order valence-corrected chi connectivity index (χ3v) is 6.55. The maximum absolute atomic E-state index is 13.0. The molecule has 6 nitrogen and oxygen atoms in total. The summed E-state index contributed by atoms with van der Waals surface area (Å²) in [6.07, 6.45) is -3.36. The van der Waals surface area contributed by atoms with E-state index in [1.54, 1.807) is 19.1 Å². The Morgan fingerprint density at radius 2 is 2.04 bits per heavy atom. The Hall–Kier alpha value is -1.91. The van der Waals surface area contributed by atoms with Gasteiger partial charge >= 0.3 is 12.2 Å². The molecule has 0 radical (unpaired) electrons. The van der Waals surface area contributed by atoms with E-state index in [4.69, 9.17) is 16.3 Å². The Balaban J connectivity index is 1.78. The van der Waals surface area contributed by atoms with Gasteiger partial charge in [0.15, 0.2) is 5.69 Å². The lowest BCUT2D eigenvalue weighted by molar-refractivity contribution is -0.141. The number of nitrogens with zero attached hydrogens (tertiary/aromatic N) is 3. The Kier molecular flexibility index (Phi) is 5.83. The predicted octanol–water partition coefficient (Wildman–Crippen LogP) is 3.69. The van der Waals surface area contributed by atoms with Crippen molar-refractivity contribution >= 4 is 21.6 Å². The fourth-order valence-corrected chi connectivity index (χ4v) is 4.91. The number of aryl methyl sites for hydroxylation is 1. The van der Waals surface area contributed by atoms with Gasteiger partial charge in [-0.25, -0.2) is 13.4 Å². The van der Waals surface area contributed by atoms with Gasteiger partial charge in [0.2, 0.25) is 10.0 Å². The summed E-state index contributed by atoms with van der Waals surface area (Å²) in [5.74, 6) is 0. The van der Waals surface area contributed by atoms with Gasteiger partial charge in [0.05, 0.1) is 11.4 Å². The van der Waals surface area contributed by atoms with Crippen molar-refractivity contribution in [1.82, 2.24) is 14.3 Å². The first kappa shape index (κ1) is 20.8. The highest BCUT2D eigenvalue weighted by Gasteiger charge is 2.35. The normalized spacial score (nSPS) is 18.8. The monoisotopic (exact) mass is 435 g/mol. The minimum Gasteiger partial charge on any atom is -0.459 e. The minimum absolute atomic E-state index is 0.0199. The van der Waals surface area contributed by atoms with Crippen LogP contribution in [-0.2, 0) is 16.2 Å². The van der Waals surface area contributed by atoms with Gasteiger partial charge in [-0.05, 0) is 43.5 Å². The van der Waals surface area contributed by atoms with Crippen molar-refractivity contribution in [2.24, 2.45) is 0 Å². The van der Waals surface area contributed by atoms with Crippen molar-refractivity contribution in [3.05, 3.63) is 46.7 Å². The van der Waals surface area contributed by atoms with Gasteiger partial charge < -0.3 is 4.74 Å². The molecule has 152 valence electrons. The number of hydrogen-bond acceptors (Lipinski definition) is 5. The summed E-state index contributed by atoms with van der Waals surface area (Å²) in [7, 11) is -3.82. The molecule has 1 aromatic carbocycles. The summed E-state index contributed by atoms with van der Waals surface area (Å²) in [6, 6.07) is 4.91. The first-order valence-electron chi connectivity index (χ1n) is 8.40. The summed E-state index contributed by atoms with van der Waals surface area (Å²) >= 11 is 5.93. The third-order valence-electron chi connectivity index (χ3n) is 4.30. The Morgan fingerprint density at radius 1 is 1.29 bits per heavy atom. The summed E-state index contributed by atoms with van der Waals surface area (Å²) in [5.41, 5.74) is -0.569. The van der Waals surface area contributed by atoms with E-state index in [-0.39, 0.29) is 18.0 Å². The fraction of sp³-hybridized carbons (Fsp3) is 0.412. The summed E-state index contributed by atoms with van der Waals surface area (Å²) in [6.45, 7) is 1.92. The Morgan fingerprint density at radius 3 is 2.75 bits per heavy atom. The molecule has 0 bridgehead atoms. The van der Waals surface area contributed by atoms with Crippen LogP contribution in [0.15, 0.2) is 35.4 Å². The lowest BCUT2D eigenvalue weighted by Gasteiger charge is -2.32. The van der Waals surface area contributed by atoms with Crippen molar-refractivity contribution in [2.45, 2.75) is 36.9 Å². The largest absolute Gasteiger partial charge is 0.459 e. The van der Waals surface area contributed by atoms with Crippen LogP contribution in [0.25, 0.3) is 0 Å². The lowest BCUT2D eigenvalue weighted by atomic mass is 10.1. The zero-order valence-corrected chi connectivity index (χ0v) is 16.4. The van der Waals surface area contributed by atoms with E-state index in [1.807, 2.05) is 0 Å². The molecule has 0 spiro atoms. The van der Waals surface area contributed by atoms with Crippen molar-refractivity contribution in [3.8, 4) is 6.01 Å². The number of hydrogen-bond donors (Lipinski definition) is 0. The number of sulfonamides is 1. The van der Waals surface area contributed by atoms with Crippen LogP contribution in [0.5, 0.6) is 6.01 Å². The second-order valence-corrected chi connectivity index (χ2v) is 8.72. The first-order chi connectivity index (χ1) is 13.1. The molecule has 1 aliphatic heterocycles. The topological polar surface area (TPSA) is 72.4 Å². The summed E-state index contributed by atoms with van der Waals surface area (Å²) in [5, 5.41) is 0.298. The zero-order chi connectivity index (χ0) is 20.5. The van der Waals surface area contributed by atoms with Crippen LogP contribution in [0.3, 0.4) is 0 Å². The molecule has 1 saturated heterocycles. The molecule has 1 fully saturated rings.